The number of fused-ring (bicyclic) bond motifs is 3. The lowest BCUT2D eigenvalue weighted by Crippen LogP contribution is -2.38. The molecule has 0 aliphatic carbocycles. The summed E-state index contributed by atoms with van der Waals surface area (Å²) in [7, 11) is 0. The molecule has 2 aliphatic heterocycles. The highest BCUT2D eigenvalue weighted by atomic mass is 16.5. The van der Waals surface area contributed by atoms with Crippen molar-refractivity contribution in [3.8, 4) is 11.5 Å². The molecule has 5 aromatic rings. The Hall–Kier alpha value is -4.83. The third kappa shape index (κ3) is 5.61. The first-order valence-corrected chi connectivity index (χ1v) is 17.4. The molecule has 0 saturated heterocycles. The molecule has 250 valence electrons. The summed E-state index contributed by atoms with van der Waals surface area (Å²) in [4.78, 5) is 16.3. The predicted molar refractivity (Wildman–Crippen MR) is 204 cm³/mol. The van der Waals surface area contributed by atoms with Gasteiger partial charge in [-0.3, -0.25) is 9.20 Å². The fourth-order valence-corrected chi connectivity index (χ4v) is 7.27. The van der Waals surface area contributed by atoms with Crippen LogP contribution in [0.5, 0.6) is 11.5 Å². The minimum absolute atomic E-state index is 0.0297. The number of ether oxygens (including phenoxy) is 1. The summed E-state index contributed by atoms with van der Waals surface area (Å²) in [5.41, 5.74) is 8.61. The Kier molecular flexibility index (Phi) is 7.59. The van der Waals surface area contributed by atoms with E-state index in [2.05, 4.69) is 177 Å². The lowest BCUT2D eigenvalue weighted by Gasteiger charge is -2.44. The van der Waals surface area contributed by atoms with Gasteiger partial charge in [-0.15, -0.1) is 0 Å². The molecular formula is C45H48N2O2. The third-order valence-corrected chi connectivity index (χ3v) is 10.2. The summed E-state index contributed by atoms with van der Waals surface area (Å²) >= 11 is 0. The normalized spacial score (nSPS) is 15.8. The van der Waals surface area contributed by atoms with E-state index < -0.39 is 5.41 Å². The molecule has 0 spiro atoms. The van der Waals surface area contributed by atoms with Gasteiger partial charge in [0.25, 0.3) is 5.56 Å². The standard InChI is InChI=1S/C45H48N2O2/c1-42(2,3)30-18-21-39-37(25-30)45(38-26-31(43(4,5)6)19-22-40(38)49-39,32-14-13-23-46(28-32)35-15-11-10-12-16-35)33-17-20-36-24-34(44(7,8)9)27-41(48)47(36)29-33/h10-22,24-29H,23H2,1-9H3. The van der Waals surface area contributed by atoms with Crippen molar-refractivity contribution >= 4 is 11.2 Å². The number of para-hydroxylation sites is 1. The number of hydrogen-bond acceptors (Lipinski definition) is 3. The number of nitrogens with zero attached hydrogens (tertiary/aromatic N) is 2. The van der Waals surface area contributed by atoms with Crippen molar-refractivity contribution in [2.75, 3.05) is 11.4 Å². The molecule has 4 heterocycles. The molecule has 0 N–H and O–H groups in total. The van der Waals surface area contributed by atoms with Crippen LogP contribution in [0, 0.1) is 0 Å². The van der Waals surface area contributed by atoms with E-state index in [1.165, 1.54) is 11.1 Å². The SMILES string of the molecule is CC(C)(C)c1ccc2c(c1)C(C1=CN(c3ccccc3)CC=C1)(c1ccc3cc(C(C)(C)C)cc(=O)n3c1)c1cc(C(C)(C)C)ccc1O2. The molecule has 2 aliphatic rings. The Bertz CT molecular complexity index is 2130. The van der Waals surface area contributed by atoms with Crippen LogP contribution in [0.15, 0.2) is 126 Å². The second-order valence-corrected chi connectivity index (χ2v) is 16.8. The zero-order valence-electron chi connectivity index (χ0n) is 30.4. The van der Waals surface area contributed by atoms with Crippen LogP contribution in [-0.2, 0) is 21.7 Å². The summed E-state index contributed by atoms with van der Waals surface area (Å²) in [5.74, 6) is 1.65. The Balaban J connectivity index is 1.63. The third-order valence-electron chi connectivity index (χ3n) is 10.2. The van der Waals surface area contributed by atoms with Crippen molar-refractivity contribution in [1.82, 2.24) is 4.40 Å². The average molecular weight is 649 g/mol. The summed E-state index contributed by atoms with van der Waals surface area (Å²) < 4.78 is 8.65. The zero-order valence-corrected chi connectivity index (χ0v) is 30.4. The van der Waals surface area contributed by atoms with E-state index in [1.54, 1.807) is 6.07 Å². The van der Waals surface area contributed by atoms with Crippen LogP contribution < -0.4 is 15.2 Å². The molecule has 0 fully saturated rings. The van der Waals surface area contributed by atoms with Crippen LogP contribution in [0.1, 0.15) is 95.7 Å². The van der Waals surface area contributed by atoms with E-state index in [0.717, 1.165) is 57.1 Å². The van der Waals surface area contributed by atoms with Gasteiger partial charge in [-0.1, -0.05) is 111 Å². The number of benzene rings is 3. The molecule has 2 aromatic heterocycles. The van der Waals surface area contributed by atoms with Gasteiger partial charge in [-0.25, -0.2) is 0 Å². The first-order valence-electron chi connectivity index (χ1n) is 17.4. The Morgan fingerprint density at radius 2 is 1.24 bits per heavy atom. The Morgan fingerprint density at radius 1 is 0.653 bits per heavy atom. The molecule has 0 amide bonds. The van der Waals surface area contributed by atoms with Crippen LogP contribution >= 0.6 is 0 Å². The maximum atomic E-state index is 14.0. The van der Waals surface area contributed by atoms with Crippen molar-refractivity contribution in [1.29, 1.82) is 0 Å². The van der Waals surface area contributed by atoms with Gasteiger partial charge < -0.3 is 9.64 Å². The van der Waals surface area contributed by atoms with Gasteiger partial charge in [-0.2, -0.15) is 0 Å². The maximum Gasteiger partial charge on any atom is 0.255 e. The van der Waals surface area contributed by atoms with Crippen molar-refractivity contribution in [3.63, 3.8) is 0 Å². The number of aromatic nitrogens is 1. The van der Waals surface area contributed by atoms with Gasteiger partial charge >= 0.3 is 0 Å². The highest BCUT2D eigenvalue weighted by Gasteiger charge is 2.48. The van der Waals surface area contributed by atoms with E-state index in [-0.39, 0.29) is 21.8 Å². The van der Waals surface area contributed by atoms with Gasteiger partial charge in [0.05, 0.1) is 5.41 Å². The lowest BCUT2D eigenvalue weighted by atomic mass is 9.62. The van der Waals surface area contributed by atoms with Crippen molar-refractivity contribution in [2.45, 2.75) is 84.0 Å². The second-order valence-electron chi connectivity index (χ2n) is 16.8. The first-order chi connectivity index (χ1) is 23.1. The molecule has 0 radical (unpaired) electrons. The average Bonchev–Trinajstić information content (AvgIpc) is 3.06. The Labute approximate surface area is 291 Å². The highest BCUT2D eigenvalue weighted by molar-refractivity contribution is 5.73. The summed E-state index contributed by atoms with van der Waals surface area (Å²) in [6.07, 6.45) is 8.91. The second kappa shape index (κ2) is 11.4. The van der Waals surface area contributed by atoms with Crippen LogP contribution in [-0.4, -0.2) is 10.9 Å². The monoisotopic (exact) mass is 648 g/mol. The molecule has 7 rings (SSSR count). The molecule has 4 nitrogen and oxygen atoms in total. The molecule has 0 bridgehead atoms. The minimum atomic E-state index is -0.800. The van der Waals surface area contributed by atoms with E-state index in [4.69, 9.17) is 4.74 Å². The first kappa shape index (κ1) is 32.7. The van der Waals surface area contributed by atoms with Crippen molar-refractivity contribution in [2.24, 2.45) is 0 Å². The van der Waals surface area contributed by atoms with Crippen LogP contribution in [0.25, 0.3) is 5.52 Å². The largest absolute Gasteiger partial charge is 0.457 e. The number of anilines is 1. The quantitative estimate of drug-likeness (QED) is 0.195. The molecule has 0 saturated carbocycles. The van der Waals surface area contributed by atoms with Crippen molar-refractivity contribution < 1.29 is 4.74 Å². The fraction of sp³-hybridized carbons (Fsp3) is 0.311. The number of rotatable bonds is 3. The van der Waals surface area contributed by atoms with E-state index >= 15 is 0 Å². The van der Waals surface area contributed by atoms with Gasteiger partial charge in [0.15, 0.2) is 0 Å². The summed E-state index contributed by atoms with van der Waals surface area (Å²) in [5, 5.41) is 0. The molecule has 4 heteroatoms. The van der Waals surface area contributed by atoms with Crippen LogP contribution in [0.2, 0.25) is 0 Å². The summed E-state index contributed by atoms with van der Waals surface area (Å²) in [6, 6.07) is 32.2. The van der Waals surface area contributed by atoms with Crippen molar-refractivity contribution in [3.05, 3.63) is 165 Å². The zero-order chi connectivity index (χ0) is 34.9. The van der Waals surface area contributed by atoms with Gasteiger partial charge in [0.1, 0.15) is 11.5 Å². The van der Waals surface area contributed by atoms with Gasteiger partial charge in [0, 0.05) is 47.3 Å². The number of pyridine rings is 2. The molecule has 0 unspecified atom stereocenters. The lowest BCUT2D eigenvalue weighted by molar-refractivity contribution is 0.430. The topological polar surface area (TPSA) is 34.0 Å². The maximum absolute atomic E-state index is 14.0. The number of hydrogen-bond donors (Lipinski definition) is 0. The molecule has 0 atom stereocenters. The molecular weight excluding hydrogens is 601 g/mol. The van der Waals surface area contributed by atoms with Gasteiger partial charge in [-0.05, 0) is 92.6 Å². The fourth-order valence-electron chi connectivity index (χ4n) is 7.27. The number of allylic oxidation sites excluding steroid dienone is 2. The minimum Gasteiger partial charge on any atom is -0.457 e. The van der Waals surface area contributed by atoms with Gasteiger partial charge in [0.2, 0.25) is 0 Å². The molecule has 49 heavy (non-hydrogen) atoms. The smallest absolute Gasteiger partial charge is 0.255 e. The highest BCUT2D eigenvalue weighted by Crippen LogP contribution is 2.57. The predicted octanol–water partition coefficient (Wildman–Crippen LogP) is 10.6. The van der Waals surface area contributed by atoms with E-state index in [9.17, 15) is 4.79 Å². The van der Waals surface area contributed by atoms with Crippen LogP contribution in [0.3, 0.4) is 0 Å². The molecule has 3 aromatic carbocycles. The van der Waals surface area contributed by atoms with E-state index in [0.29, 0.717) is 0 Å². The van der Waals surface area contributed by atoms with E-state index in [1.807, 2.05) is 4.40 Å². The van der Waals surface area contributed by atoms with Crippen LogP contribution in [0.4, 0.5) is 5.69 Å². The summed E-state index contributed by atoms with van der Waals surface area (Å²) in [6.45, 7) is 20.7. The Morgan fingerprint density at radius 3 is 1.82 bits per heavy atom.